The molecule has 0 fully saturated rings. The highest BCUT2D eigenvalue weighted by molar-refractivity contribution is 7.87. The van der Waals surface area contributed by atoms with Gasteiger partial charge in [0, 0.05) is 31.9 Å². The van der Waals surface area contributed by atoms with Crippen LogP contribution in [0.1, 0.15) is 49.9 Å². The third-order valence-corrected chi connectivity index (χ3v) is 5.49. The predicted molar refractivity (Wildman–Crippen MR) is 78.5 cm³/mol. The molecule has 0 radical (unpaired) electrons. The molecule has 1 atom stereocenters. The van der Waals surface area contributed by atoms with Gasteiger partial charge in [-0.2, -0.15) is 22.5 Å². The lowest BCUT2D eigenvalue weighted by Gasteiger charge is -2.26. The number of aryl methyl sites for hydroxylation is 1. The van der Waals surface area contributed by atoms with E-state index in [-0.39, 0.29) is 6.04 Å². The molecule has 20 heavy (non-hydrogen) atoms. The SMILES string of the molecule is CCCCN(C)S(=O)(=O)N[C@H]1CCCc2c1cnn2C. The van der Waals surface area contributed by atoms with Crippen LogP contribution in [0.15, 0.2) is 6.20 Å². The molecule has 7 heteroatoms. The van der Waals surface area contributed by atoms with E-state index in [1.807, 2.05) is 11.7 Å². The summed E-state index contributed by atoms with van der Waals surface area (Å²) in [7, 11) is 0.116. The molecule has 1 aliphatic rings. The van der Waals surface area contributed by atoms with Crippen molar-refractivity contribution in [2.75, 3.05) is 13.6 Å². The Morgan fingerprint density at radius 1 is 1.55 bits per heavy atom. The van der Waals surface area contributed by atoms with Gasteiger partial charge >= 0.3 is 0 Å². The molecule has 1 aromatic rings. The molecule has 114 valence electrons. The van der Waals surface area contributed by atoms with Gasteiger partial charge in [0.2, 0.25) is 0 Å². The second kappa shape index (κ2) is 6.24. The van der Waals surface area contributed by atoms with Crippen LogP contribution in [0.25, 0.3) is 0 Å². The van der Waals surface area contributed by atoms with Crippen LogP contribution in [-0.2, 0) is 23.7 Å². The maximum atomic E-state index is 12.3. The van der Waals surface area contributed by atoms with Crippen LogP contribution in [0.3, 0.4) is 0 Å². The van der Waals surface area contributed by atoms with Crippen LogP contribution in [0.2, 0.25) is 0 Å². The fraction of sp³-hybridized carbons (Fsp3) is 0.769. The Kier molecular flexibility index (Phi) is 4.82. The molecule has 0 saturated carbocycles. The lowest BCUT2D eigenvalue weighted by Crippen LogP contribution is -2.41. The first-order valence-corrected chi connectivity index (χ1v) is 8.64. The van der Waals surface area contributed by atoms with Crippen molar-refractivity contribution >= 4 is 10.2 Å². The van der Waals surface area contributed by atoms with Gasteiger partial charge in [0.25, 0.3) is 10.2 Å². The van der Waals surface area contributed by atoms with E-state index < -0.39 is 10.2 Å². The number of nitrogens with one attached hydrogen (secondary N) is 1. The van der Waals surface area contributed by atoms with Crippen molar-refractivity contribution in [3.8, 4) is 0 Å². The topological polar surface area (TPSA) is 67.2 Å². The molecule has 0 amide bonds. The third kappa shape index (κ3) is 3.21. The van der Waals surface area contributed by atoms with Crippen LogP contribution in [0, 0.1) is 0 Å². The minimum absolute atomic E-state index is 0.151. The van der Waals surface area contributed by atoms with Crippen LogP contribution in [0.5, 0.6) is 0 Å². The summed E-state index contributed by atoms with van der Waals surface area (Å²) in [6.07, 6.45) is 6.43. The summed E-state index contributed by atoms with van der Waals surface area (Å²) >= 11 is 0. The fourth-order valence-corrected chi connectivity index (χ4v) is 3.75. The van der Waals surface area contributed by atoms with Gasteiger partial charge in [0.1, 0.15) is 0 Å². The molecular formula is C13H24N4O2S. The fourth-order valence-electron chi connectivity index (χ4n) is 2.60. The van der Waals surface area contributed by atoms with Crippen molar-refractivity contribution in [3.05, 3.63) is 17.5 Å². The highest BCUT2D eigenvalue weighted by atomic mass is 32.2. The first-order valence-electron chi connectivity index (χ1n) is 7.20. The Labute approximate surface area is 121 Å². The Morgan fingerprint density at radius 2 is 2.30 bits per heavy atom. The largest absolute Gasteiger partial charge is 0.279 e. The second-order valence-electron chi connectivity index (χ2n) is 5.41. The minimum atomic E-state index is -3.42. The van der Waals surface area contributed by atoms with Crippen LogP contribution >= 0.6 is 0 Å². The number of unbranched alkanes of at least 4 members (excludes halogenated alkanes) is 1. The highest BCUT2D eigenvalue weighted by Crippen LogP contribution is 2.29. The minimum Gasteiger partial charge on any atom is -0.272 e. The van der Waals surface area contributed by atoms with Gasteiger partial charge in [-0.3, -0.25) is 4.68 Å². The molecule has 1 N–H and O–H groups in total. The number of hydrogen-bond acceptors (Lipinski definition) is 3. The summed E-state index contributed by atoms with van der Waals surface area (Å²) in [5.41, 5.74) is 2.16. The van der Waals surface area contributed by atoms with Crippen LogP contribution in [-0.4, -0.2) is 36.1 Å². The molecule has 1 aromatic heterocycles. The molecule has 0 unspecified atom stereocenters. The van der Waals surface area contributed by atoms with E-state index in [1.54, 1.807) is 13.2 Å². The summed E-state index contributed by atoms with van der Waals surface area (Å²) in [6, 6.07) is -0.151. The summed E-state index contributed by atoms with van der Waals surface area (Å²) in [6.45, 7) is 2.61. The van der Waals surface area contributed by atoms with Gasteiger partial charge in [-0.1, -0.05) is 13.3 Å². The molecule has 6 nitrogen and oxygen atoms in total. The van der Waals surface area contributed by atoms with E-state index >= 15 is 0 Å². The zero-order valence-corrected chi connectivity index (χ0v) is 13.3. The summed E-state index contributed by atoms with van der Waals surface area (Å²) in [4.78, 5) is 0. The zero-order chi connectivity index (χ0) is 14.8. The van der Waals surface area contributed by atoms with E-state index in [9.17, 15) is 8.42 Å². The molecule has 0 bridgehead atoms. The van der Waals surface area contributed by atoms with E-state index in [0.29, 0.717) is 6.54 Å². The van der Waals surface area contributed by atoms with Crippen molar-refractivity contribution in [2.45, 2.75) is 45.1 Å². The molecule has 0 spiro atoms. The van der Waals surface area contributed by atoms with Crippen molar-refractivity contribution in [2.24, 2.45) is 7.05 Å². The molecule has 2 rings (SSSR count). The van der Waals surface area contributed by atoms with Crippen molar-refractivity contribution in [1.29, 1.82) is 0 Å². The van der Waals surface area contributed by atoms with Gasteiger partial charge < -0.3 is 0 Å². The van der Waals surface area contributed by atoms with Crippen molar-refractivity contribution in [1.82, 2.24) is 18.8 Å². The van der Waals surface area contributed by atoms with Gasteiger partial charge in [0.15, 0.2) is 0 Å². The quantitative estimate of drug-likeness (QED) is 0.862. The monoisotopic (exact) mass is 300 g/mol. The van der Waals surface area contributed by atoms with Gasteiger partial charge in [0.05, 0.1) is 12.2 Å². The summed E-state index contributed by atoms with van der Waals surface area (Å²) in [5, 5.41) is 4.24. The van der Waals surface area contributed by atoms with Gasteiger partial charge in [-0.05, 0) is 25.7 Å². The first kappa shape index (κ1) is 15.5. The van der Waals surface area contributed by atoms with Gasteiger partial charge in [-0.15, -0.1) is 0 Å². The summed E-state index contributed by atoms with van der Waals surface area (Å²) in [5.74, 6) is 0. The van der Waals surface area contributed by atoms with E-state index in [0.717, 1.165) is 43.4 Å². The van der Waals surface area contributed by atoms with Crippen molar-refractivity contribution in [3.63, 3.8) is 0 Å². The molecule has 0 aromatic carbocycles. The zero-order valence-electron chi connectivity index (χ0n) is 12.5. The average molecular weight is 300 g/mol. The number of aromatic nitrogens is 2. The third-order valence-electron chi connectivity index (χ3n) is 3.90. The Hall–Kier alpha value is -0.920. The molecular weight excluding hydrogens is 276 g/mol. The summed E-state index contributed by atoms with van der Waals surface area (Å²) < 4.78 is 30.7. The normalized spacial score (nSPS) is 19.3. The van der Waals surface area contributed by atoms with Crippen molar-refractivity contribution < 1.29 is 8.42 Å². The van der Waals surface area contributed by atoms with E-state index in [1.165, 1.54) is 4.31 Å². The maximum absolute atomic E-state index is 12.3. The average Bonchev–Trinajstić information content (AvgIpc) is 2.79. The number of hydrogen-bond donors (Lipinski definition) is 1. The maximum Gasteiger partial charge on any atom is 0.279 e. The van der Waals surface area contributed by atoms with Gasteiger partial charge in [-0.25, -0.2) is 0 Å². The molecule has 1 aliphatic carbocycles. The Morgan fingerprint density at radius 3 is 3.00 bits per heavy atom. The number of fused-ring (bicyclic) bond motifs is 1. The van der Waals surface area contributed by atoms with Crippen LogP contribution in [0.4, 0.5) is 0 Å². The van der Waals surface area contributed by atoms with E-state index in [2.05, 4.69) is 16.7 Å². The molecule has 0 aliphatic heterocycles. The smallest absolute Gasteiger partial charge is 0.272 e. The lowest BCUT2D eigenvalue weighted by atomic mass is 9.94. The van der Waals surface area contributed by atoms with Crippen LogP contribution < -0.4 is 4.72 Å². The molecule has 0 saturated heterocycles. The Balaban J connectivity index is 2.10. The number of rotatable bonds is 6. The first-order chi connectivity index (χ1) is 9.45. The predicted octanol–water partition coefficient (Wildman–Crippen LogP) is 1.36. The number of nitrogens with zero attached hydrogens (tertiary/aromatic N) is 3. The highest BCUT2D eigenvalue weighted by Gasteiger charge is 2.28. The molecule has 1 heterocycles. The lowest BCUT2D eigenvalue weighted by molar-refractivity contribution is 0.427. The van der Waals surface area contributed by atoms with E-state index in [4.69, 9.17) is 0 Å². The Bertz CT molecular complexity index is 553. The standard InChI is InChI=1S/C13H24N4O2S/c1-4-5-9-16(2)20(18,19)15-12-7-6-8-13-11(12)10-14-17(13)3/h10,12,15H,4-9H2,1-3H3/t12-/m0/s1. The second-order valence-corrected chi connectivity index (χ2v) is 7.22.